The molecule has 78 valence electrons. The highest BCUT2D eigenvalue weighted by molar-refractivity contribution is 5.32. The first-order valence-corrected chi connectivity index (χ1v) is 4.58. The molecule has 0 aromatic carbocycles. The standard InChI is InChI=1S/C9H16N4O/c1-7(10)3-4-12-8-5-11-6-9(13-8)14-2/h5-7H,3-4,10H2,1-2H3,(H,12,13). The van der Waals surface area contributed by atoms with Crippen LogP contribution in [-0.4, -0.2) is 29.7 Å². The van der Waals surface area contributed by atoms with Gasteiger partial charge < -0.3 is 15.8 Å². The molecule has 0 fully saturated rings. The van der Waals surface area contributed by atoms with Crippen molar-refractivity contribution in [1.82, 2.24) is 9.97 Å². The number of aromatic nitrogens is 2. The van der Waals surface area contributed by atoms with E-state index < -0.39 is 0 Å². The van der Waals surface area contributed by atoms with Gasteiger partial charge in [-0.1, -0.05) is 0 Å². The molecule has 1 heterocycles. The van der Waals surface area contributed by atoms with Crippen LogP contribution in [0.15, 0.2) is 12.4 Å². The predicted molar refractivity (Wildman–Crippen MR) is 55.3 cm³/mol. The van der Waals surface area contributed by atoms with Crippen molar-refractivity contribution >= 4 is 5.82 Å². The highest BCUT2D eigenvalue weighted by Crippen LogP contribution is 2.07. The molecule has 0 aliphatic carbocycles. The van der Waals surface area contributed by atoms with E-state index in [2.05, 4.69) is 15.3 Å². The van der Waals surface area contributed by atoms with Gasteiger partial charge in [0.05, 0.1) is 19.5 Å². The zero-order chi connectivity index (χ0) is 10.4. The molecule has 1 aromatic heterocycles. The summed E-state index contributed by atoms with van der Waals surface area (Å²) in [5.74, 6) is 1.22. The molecule has 5 heteroatoms. The molecule has 0 saturated carbocycles. The lowest BCUT2D eigenvalue weighted by atomic mass is 10.2. The van der Waals surface area contributed by atoms with Crippen LogP contribution < -0.4 is 15.8 Å². The highest BCUT2D eigenvalue weighted by atomic mass is 16.5. The maximum Gasteiger partial charge on any atom is 0.233 e. The average Bonchev–Trinajstić information content (AvgIpc) is 2.18. The largest absolute Gasteiger partial charge is 0.480 e. The van der Waals surface area contributed by atoms with Gasteiger partial charge in [-0.3, -0.25) is 4.98 Å². The minimum atomic E-state index is 0.195. The second-order valence-electron chi connectivity index (χ2n) is 3.14. The van der Waals surface area contributed by atoms with E-state index in [0.717, 1.165) is 13.0 Å². The summed E-state index contributed by atoms with van der Waals surface area (Å²) in [6.45, 7) is 2.76. The summed E-state index contributed by atoms with van der Waals surface area (Å²) in [4.78, 5) is 8.12. The van der Waals surface area contributed by atoms with Crippen molar-refractivity contribution in [2.75, 3.05) is 19.0 Å². The van der Waals surface area contributed by atoms with E-state index in [0.29, 0.717) is 11.7 Å². The van der Waals surface area contributed by atoms with E-state index >= 15 is 0 Å². The minimum absolute atomic E-state index is 0.195. The van der Waals surface area contributed by atoms with Gasteiger partial charge in [-0.25, -0.2) is 0 Å². The van der Waals surface area contributed by atoms with Gasteiger partial charge in [0.2, 0.25) is 5.88 Å². The van der Waals surface area contributed by atoms with Crippen LogP contribution in [-0.2, 0) is 0 Å². The Hall–Kier alpha value is -1.36. The molecular weight excluding hydrogens is 180 g/mol. The van der Waals surface area contributed by atoms with E-state index in [1.807, 2.05) is 6.92 Å². The first-order chi connectivity index (χ1) is 6.72. The number of ether oxygens (including phenoxy) is 1. The zero-order valence-electron chi connectivity index (χ0n) is 8.53. The molecule has 0 aliphatic rings. The van der Waals surface area contributed by atoms with Crippen molar-refractivity contribution in [1.29, 1.82) is 0 Å². The molecular formula is C9H16N4O. The summed E-state index contributed by atoms with van der Waals surface area (Å²) in [5, 5.41) is 3.12. The van der Waals surface area contributed by atoms with Crippen molar-refractivity contribution < 1.29 is 4.74 Å². The van der Waals surface area contributed by atoms with Gasteiger partial charge in [0.25, 0.3) is 0 Å². The van der Waals surface area contributed by atoms with Crippen LogP contribution in [0.4, 0.5) is 5.82 Å². The van der Waals surface area contributed by atoms with Crippen LogP contribution in [0.25, 0.3) is 0 Å². The average molecular weight is 196 g/mol. The molecule has 1 rings (SSSR count). The first kappa shape index (κ1) is 10.7. The number of nitrogens with two attached hydrogens (primary N) is 1. The number of nitrogens with zero attached hydrogens (tertiary/aromatic N) is 2. The Balaban J connectivity index is 2.42. The molecule has 0 radical (unpaired) electrons. The van der Waals surface area contributed by atoms with E-state index in [-0.39, 0.29) is 6.04 Å². The summed E-state index contributed by atoms with van der Waals surface area (Å²) in [5.41, 5.74) is 5.61. The molecule has 1 atom stereocenters. The fourth-order valence-corrected chi connectivity index (χ4v) is 0.960. The molecule has 0 spiro atoms. The van der Waals surface area contributed by atoms with Crippen LogP contribution in [0.1, 0.15) is 13.3 Å². The van der Waals surface area contributed by atoms with Crippen molar-refractivity contribution in [3.63, 3.8) is 0 Å². The highest BCUT2D eigenvalue weighted by Gasteiger charge is 1.98. The van der Waals surface area contributed by atoms with Gasteiger partial charge in [0, 0.05) is 12.6 Å². The second-order valence-corrected chi connectivity index (χ2v) is 3.14. The number of hydrogen-bond donors (Lipinski definition) is 2. The van der Waals surface area contributed by atoms with Gasteiger partial charge in [-0.15, -0.1) is 0 Å². The maximum atomic E-state index is 5.61. The molecule has 1 aromatic rings. The number of rotatable bonds is 5. The smallest absolute Gasteiger partial charge is 0.233 e. The van der Waals surface area contributed by atoms with Crippen molar-refractivity contribution in [3.8, 4) is 5.88 Å². The molecule has 1 unspecified atom stereocenters. The normalized spacial score (nSPS) is 12.2. The molecule has 3 N–H and O–H groups in total. The fourth-order valence-electron chi connectivity index (χ4n) is 0.960. The van der Waals surface area contributed by atoms with Crippen molar-refractivity contribution in [2.24, 2.45) is 5.73 Å². The number of hydrogen-bond acceptors (Lipinski definition) is 5. The van der Waals surface area contributed by atoms with E-state index in [1.54, 1.807) is 19.5 Å². The Bertz CT molecular complexity index is 277. The van der Waals surface area contributed by atoms with Gasteiger partial charge >= 0.3 is 0 Å². The van der Waals surface area contributed by atoms with Crippen LogP contribution in [0, 0.1) is 0 Å². The van der Waals surface area contributed by atoms with E-state index in [4.69, 9.17) is 10.5 Å². The third-order valence-corrected chi connectivity index (χ3v) is 1.73. The predicted octanol–water partition coefficient (Wildman–Crippen LogP) is 0.634. The van der Waals surface area contributed by atoms with Crippen molar-refractivity contribution in [2.45, 2.75) is 19.4 Å². The SMILES string of the molecule is COc1cncc(NCCC(C)N)n1. The monoisotopic (exact) mass is 196 g/mol. The van der Waals surface area contributed by atoms with Crippen LogP contribution in [0.2, 0.25) is 0 Å². The lowest BCUT2D eigenvalue weighted by Crippen LogP contribution is -2.19. The number of nitrogens with one attached hydrogen (secondary N) is 1. The summed E-state index contributed by atoms with van der Waals surface area (Å²) >= 11 is 0. The summed E-state index contributed by atoms with van der Waals surface area (Å²) in [6.07, 6.45) is 4.12. The molecule has 0 saturated heterocycles. The van der Waals surface area contributed by atoms with Gasteiger partial charge in [0.1, 0.15) is 5.82 Å². The summed E-state index contributed by atoms with van der Waals surface area (Å²) < 4.78 is 4.94. The Kier molecular flexibility index (Phi) is 4.12. The lowest BCUT2D eigenvalue weighted by Gasteiger charge is -2.07. The molecule has 0 bridgehead atoms. The Morgan fingerprint density at radius 3 is 3.00 bits per heavy atom. The first-order valence-electron chi connectivity index (χ1n) is 4.58. The lowest BCUT2D eigenvalue weighted by molar-refractivity contribution is 0.396. The van der Waals surface area contributed by atoms with E-state index in [9.17, 15) is 0 Å². The number of methoxy groups -OCH3 is 1. The molecule has 14 heavy (non-hydrogen) atoms. The quantitative estimate of drug-likeness (QED) is 0.722. The third-order valence-electron chi connectivity index (χ3n) is 1.73. The van der Waals surface area contributed by atoms with E-state index in [1.165, 1.54) is 0 Å². The molecule has 0 amide bonds. The second kappa shape index (κ2) is 5.39. The summed E-state index contributed by atoms with van der Waals surface area (Å²) in [7, 11) is 1.57. The van der Waals surface area contributed by atoms with Gasteiger partial charge in [-0.2, -0.15) is 4.98 Å². The van der Waals surface area contributed by atoms with Gasteiger partial charge in [0.15, 0.2) is 0 Å². The Morgan fingerprint density at radius 1 is 1.57 bits per heavy atom. The third kappa shape index (κ3) is 3.57. The van der Waals surface area contributed by atoms with Crippen LogP contribution >= 0.6 is 0 Å². The Labute approximate surface area is 83.7 Å². The zero-order valence-corrected chi connectivity index (χ0v) is 8.53. The van der Waals surface area contributed by atoms with Crippen LogP contribution in [0.3, 0.4) is 0 Å². The van der Waals surface area contributed by atoms with Crippen LogP contribution in [0.5, 0.6) is 5.88 Å². The fraction of sp³-hybridized carbons (Fsp3) is 0.556. The minimum Gasteiger partial charge on any atom is -0.480 e. The Morgan fingerprint density at radius 2 is 2.36 bits per heavy atom. The maximum absolute atomic E-state index is 5.61. The van der Waals surface area contributed by atoms with Crippen molar-refractivity contribution in [3.05, 3.63) is 12.4 Å². The summed E-state index contributed by atoms with van der Waals surface area (Å²) in [6, 6.07) is 0.195. The van der Waals surface area contributed by atoms with Gasteiger partial charge in [-0.05, 0) is 13.3 Å². The molecule has 5 nitrogen and oxygen atoms in total. The number of anilines is 1. The topological polar surface area (TPSA) is 73.1 Å². The molecule has 0 aliphatic heterocycles.